The third-order valence-corrected chi connectivity index (χ3v) is 2.38. The summed E-state index contributed by atoms with van der Waals surface area (Å²) in [6, 6.07) is 4.86. The molecular weight excluding hydrogens is 265 g/mol. The van der Waals surface area contributed by atoms with Crippen molar-refractivity contribution in [3.8, 4) is 0 Å². The van der Waals surface area contributed by atoms with E-state index in [0.29, 0.717) is 15.6 Å². The number of benzene rings is 1. The van der Waals surface area contributed by atoms with Gasteiger partial charge >= 0.3 is 5.97 Å². The van der Waals surface area contributed by atoms with Crippen LogP contribution < -0.4 is 5.32 Å². The summed E-state index contributed by atoms with van der Waals surface area (Å²) >= 11 is 11.6. The van der Waals surface area contributed by atoms with E-state index >= 15 is 0 Å². The van der Waals surface area contributed by atoms with Crippen LogP contribution in [0.25, 0.3) is 0 Å². The summed E-state index contributed by atoms with van der Waals surface area (Å²) in [4.78, 5) is 21.7. The smallest absolute Gasteiger partial charge is 0.305 e. The Morgan fingerprint density at radius 3 is 2.29 bits per heavy atom. The second-order valence-corrected chi connectivity index (χ2v) is 4.32. The summed E-state index contributed by atoms with van der Waals surface area (Å²) in [5.74, 6) is -1.21. The van der Waals surface area contributed by atoms with Gasteiger partial charge in [0.2, 0.25) is 5.91 Å². The lowest BCUT2D eigenvalue weighted by atomic mass is 10.1. The molecule has 0 bridgehead atoms. The number of rotatable bonds is 5. The minimum absolute atomic E-state index is 0.0952. The van der Waals surface area contributed by atoms with Crippen LogP contribution in [0.15, 0.2) is 18.2 Å². The predicted octanol–water partition coefficient (Wildman–Crippen LogP) is 2.13. The van der Waals surface area contributed by atoms with Crippen LogP contribution >= 0.6 is 23.2 Å². The van der Waals surface area contributed by atoms with E-state index in [9.17, 15) is 9.59 Å². The van der Waals surface area contributed by atoms with Gasteiger partial charge < -0.3 is 10.4 Å². The van der Waals surface area contributed by atoms with Crippen molar-refractivity contribution in [3.05, 3.63) is 33.8 Å². The summed E-state index contributed by atoms with van der Waals surface area (Å²) in [6.45, 7) is 0.114. The highest BCUT2D eigenvalue weighted by Gasteiger charge is 2.06. The fourth-order valence-corrected chi connectivity index (χ4v) is 1.84. The molecule has 17 heavy (non-hydrogen) atoms. The van der Waals surface area contributed by atoms with Gasteiger partial charge in [0.25, 0.3) is 0 Å². The average Bonchev–Trinajstić information content (AvgIpc) is 2.14. The maximum atomic E-state index is 11.4. The van der Waals surface area contributed by atoms with Gasteiger partial charge in [-0.1, -0.05) is 23.2 Å². The van der Waals surface area contributed by atoms with Crippen molar-refractivity contribution in [1.82, 2.24) is 5.32 Å². The van der Waals surface area contributed by atoms with Crippen LogP contribution in [0, 0.1) is 0 Å². The molecule has 0 aromatic heterocycles. The van der Waals surface area contributed by atoms with E-state index in [1.807, 2.05) is 0 Å². The highest BCUT2D eigenvalue weighted by Crippen LogP contribution is 2.19. The van der Waals surface area contributed by atoms with Gasteiger partial charge in [-0.05, 0) is 23.8 Å². The number of carbonyl (C=O) groups excluding carboxylic acids is 1. The van der Waals surface area contributed by atoms with E-state index in [1.165, 1.54) is 0 Å². The minimum atomic E-state index is -0.948. The third kappa shape index (κ3) is 5.56. The molecular formula is C11H11Cl2NO3. The monoisotopic (exact) mass is 275 g/mol. The second-order valence-electron chi connectivity index (χ2n) is 3.45. The van der Waals surface area contributed by atoms with Crippen molar-refractivity contribution in [2.24, 2.45) is 0 Å². The highest BCUT2D eigenvalue weighted by atomic mass is 35.5. The number of hydrogen-bond acceptors (Lipinski definition) is 2. The number of carboxylic acid groups (broad SMARTS) is 1. The summed E-state index contributed by atoms with van der Waals surface area (Å²) < 4.78 is 0. The van der Waals surface area contributed by atoms with Gasteiger partial charge in [-0.25, -0.2) is 0 Å². The lowest BCUT2D eigenvalue weighted by Crippen LogP contribution is -2.27. The molecule has 1 aromatic rings. The van der Waals surface area contributed by atoms with Gasteiger partial charge in [-0.2, -0.15) is 0 Å². The van der Waals surface area contributed by atoms with Crippen LogP contribution in [0.3, 0.4) is 0 Å². The van der Waals surface area contributed by atoms with E-state index in [4.69, 9.17) is 28.3 Å². The molecule has 0 radical (unpaired) electrons. The van der Waals surface area contributed by atoms with Crippen molar-refractivity contribution < 1.29 is 14.7 Å². The van der Waals surface area contributed by atoms with Gasteiger partial charge in [0.1, 0.15) is 0 Å². The highest BCUT2D eigenvalue weighted by molar-refractivity contribution is 6.34. The Kier molecular flexibility index (Phi) is 5.25. The lowest BCUT2D eigenvalue weighted by molar-refractivity contribution is -0.136. The average molecular weight is 276 g/mol. The van der Waals surface area contributed by atoms with Crippen molar-refractivity contribution >= 4 is 35.1 Å². The van der Waals surface area contributed by atoms with Gasteiger partial charge in [-0.3, -0.25) is 9.59 Å². The molecule has 0 aliphatic heterocycles. The van der Waals surface area contributed by atoms with E-state index in [0.717, 1.165) is 0 Å². The Hall–Kier alpha value is -1.26. The number of carbonyl (C=O) groups is 2. The molecule has 92 valence electrons. The zero-order chi connectivity index (χ0) is 12.8. The minimum Gasteiger partial charge on any atom is -0.481 e. The zero-order valence-electron chi connectivity index (χ0n) is 8.87. The first-order chi connectivity index (χ1) is 7.97. The Labute approximate surface area is 109 Å². The summed E-state index contributed by atoms with van der Waals surface area (Å²) in [5.41, 5.74) is 0.690. The maximum Gasteiger partial charge on any atom is 0.305 e. The van der Waals surface area contributed by atoms with E-state index < -0.39 is 5.97 Å². The molecule has 2 N–H and O–H groups in total. The first kappa shape index (κ1) is 13.8. The number of nitrogens with one attached hydrogen (secondary N) is 1. The molecule has 1 rings (SSSR count). The molecule has 1 aromatic carbocycles. The van der Waals surface area contributed by atoms with Crippen LogP contribution in [0.2, 0.25) is 10.0 Å². The molecule has 0 heterocycles. The Morgan fingerprint density at radius 2 is 1.76 bits per heavy atom. The zero-order valence-corrected chi connectivity index (χ0v) is 10.4. The largest absolute Gasteiger partial charge is 0.481 e. The van der Waals surface area contributed by atoms with Crippen LogP contribution in [0.5, 0.6) is 0 Å². The molecule has 0 saturated heterocycles. The van der Waals surface area contributed by atoms with Crippen LogP contribution in [-0.2, 0) is 16.0 Å². The molecule has 0 aliphatic carbocycles. The van der Waals surface area contributed by atoms with Crippen LogP contribution in [-0.4, -0.2) is 23.5 Å². The van der Waals surface area contributed by atoms with Gasteiger partial charge in [0.15, 0.2) is 0 Å². The number of aliphatic carboxylic acids is 1. The first-order valence-corrected chi connectivity index (χ1v) is 5.66. The molecule has 0 atom stereocenters. The summed E-state index contributed by atoms with van der Waals surface area (Å²) in [5, 5.41) is 11.8. The fraction of sp³-hybridized carbons (Fsp3) is 0.273. The maximum absolute atomic E-state index is 11.4. The first-order valence-electron chi connectivity index (χ1n) is 4.91. The standard InChI is InChI=1S/C11H11Cl2NO3/c12-8-3-7(4-9(13)6-8)5-10(15)14-2-1-11(16)17/h3-4,6H,1-2,5H2,(H,14,15)(H,16,17). The lowest BCUT2D eigenvalue weighted by Gasteiger charge is -2.04. The number of hydrogen-bond donors (Lipinski definition) is 2. The molecule has 1 amide bonds. The molecule has 0 saturated carbocycles. The van der Waals surface area contributed by atoms with E-state index in [-0.39, 0.29) is 25.3 Å². The topological polar surface area (TPSA) is 66.4 Å². The molecule has 0 fully saturated rings. The molecule has 6 heteroatoms. The molecule has 0 unspecified atom stereocenters. The van der Waals surface area contributed by atoms with Crippen LogP contribution in [0.4, 0.5) is 0 Å². The van der Waals surface area contributed by atoms with Crippen molar-refractivity contribution in [2.45, 2.75) is 12.8 Å². The van der Waals surface area contributed by atoms with Gasteiger partial charge in [0.05, 0.1) is 12.8 Å². The fourth-order valence-electron chi connectivity index (χ4n) is 1.27. The Balaban J connectivity index is 2.47. The van der Waals surface area contributed by atoms with Crippen molar-refractivity contribution in [3.63, 3.8) is 0 Å². The molecule has 4 nitrogen and oxygen atoms in total. The summed E-state index contributed by atoms with van der Waals surface area (Å²) in [6.07, 6.45) is 0.0297. The van der Waals surface area contributed by atoms with Gasteiger partial charge in [0, 0.05) is 16.6 Å². The SMILES string of the molecule is O=C(O)CCNC(=O)Cc1cc(Cl)cc(Cl)c1. The number of halogens is 2. The van der Waals surface area contributed by atoms with E-state index in [1.54, 1.807) is 18.2 Å². The Bertz CT molecular complexity index is 414. The van der Waals surface area contributed by atoms with Crippen LogP contribution in [0.1, 0.15) is 12.0 Å². The number of amides is 1. The third-order valence-electron chi connectivity index (χ3n) is 1.95. The van der Waals surface area contributed by atoms with E-state index in [2.05, 4.69) is 5.32 Å². The Morgan fingerprint density at radius 1 is 1.18 bits per heavy atom. The molecule has 0 spiro atoms. The predicted molar refractivity (Wildman–Crippen MR) is 65.4 cm³/mol. The quantitative estimate of drug-likeness (QED) is 0.865. The van der Waals surface area contributed by atoms with Crippen molar-refractivity contribution in [1.29, 1.82) is 0 Å². The van der Waals surface area contributed by atoms with Gasteiger partial charge in [-0.15, -0.1) is 0 Å². The number of carboxylic acids is 1. The van der Waals surface area contributed by atoms with Crippen molar-refractivity contribution in [2.75, 3.05) is 6.54 Å². The summed E-state index contributed by atoms with van der Waals surface area (Å²) in [7, 11) is 0. The normalized spacial score (nSPS) is 10.0. The molecule has 0 aliphatic rings. The second kappa shape index (κ2) is 6.47.